The Hall–Kier alpha value is -3.95. The number of hydrogen-bond acceptors (Lipinski definition) is 7. The highest BCUT2D eigenvalue weighted by Gasteiger charge is 2.31. The highest BCUT2D eigenvalue weighted by Crippen LogP contribution is 2.37. The molecule has 8 nitrogen and oxygen atoms in total. The van der Waals surface area contributed by atoms with Crippen molar-refractivity contribution in [1.29, 1.82) is 0 Å². The average Bonchev–Trinajstić information content (AvgIpc) is 2.91. The Kier molecular flexibility index (Phi) is 7.52. The number of hydrogen-bond donors (Lipinski definition) is 1. The molecule has 0 aliphatic rings. The van der Waals surface area contributed by atoms with Gasteiger partial charge in [-0.1, -0.05) is 61.9 Å². The van der Waals surface area contributed by atoms with Gasteiger partial charge in [-0.05, 0) is 41.8 Å². The molecule has 0 spiro atoms. The second-order valence-electron chi connectivity index (χ2n) is 8.16. The first kappa shape index (κ1) is 25.2. The fourth-order valence-corrected chi connectivity index (χ4v) is 5.62. The van der Waals surface area contributed by atoms with Gasteiger partial charge in [0.15, 0.2) is 0 Å². The number of pyridine rings is 1. The van der Waals surface area contributed by atoms with Crippen LogP contribution >= 0.6 is 0 Å². The van der Waals surface area contributed by atoms with Crippen LogP contribution in [0.4, 0.5) is 5.69 Å². The Labute approximate surface area is 210 Å². The van der Waals surface area contributed by atoms with Crippen molar-refractivity contribution in [3.05, 3.63) is 95.7 Å². The van der Waals surface area contributed by atoms with Gasteiger partial charge >= 0.3 is 5.97 Å². The summed E-state index contributed by atoms with van der Waals surface area (Å²) in [5.74, 6) is 4.88. The lowest BCUT2D eigenvalue weighted by Crippen LogP contribution is -2.32. The predicted molar refractivity (Wildman–Crippen MR) is 138 cm³/mol. The molecule has 0 unspecified atom stereocenters. The summed E-state index contributed by atoms with van der Waals surface area (Å²) < 4.78 is 34.7. The number of aromatic nitrogens is 1. The van der Waals surface area contributed by atoms with Crippen molar-refractivity contribution in [3.8, 4) is 5.75 Å². The number of carbonyl (C=O) groups excluding carboxylic acids is 1. The van der Waals surface area contributed by atoms with Gasteiger partial charge in [0.1, 0.15) is 11.3 Å². The van der Waals surface area contributed by atoms with Crippen LogP contribution in [0.2, 0.25) is 0 Å². The van der Waals surface area contributed by atoms with Crippen LogP contribution in [0.25, 0.3) is 10.9 Å². The van der Waals surface area contributed by atoms with E-state index < -0.39 is 16.0 Å². The van der Waals surface area contributed by atoms with E-state index in [2.05, 4.69) is 16.7 Å². The largest absolute Gasteiger partial charge is 0.497 e. The summed E-state index contributed by atoms with van der Waals surface area (Å²) in [5, 5.41) is 0.511. The van der Waals surface area contributed by atoms with Gasteiger partial charge in [-0.2, -0.15) is 5.90 Å². The molecule has 36 heavy (non-hydrogen) atoms. The summed E-state index contributed by atoms with van der Waals surface area (Å²) in [5.41, 5.74) is 2.41. The molecule has 3 aromatic carbocycles. The zero-order valence-electron chi connectivity index (χ0n) is 20.0. The number of anilines is 1. The van der Waals surface area contributed by atoms with E-state index in [9.17, 15) is 13.2 Å². The lowest BCUT2D eigenvalue weighted by atomic mass is 10.0. The molecule has 4 rings (SSSR count). The third kappa shape index (κ3) is 4.89. The van der Waals surface area contributed by atoms with Gasteiger partial charge in [-0.15, -0.1) is 0 Å². The number of fused-ring (bicyclic) bond motifs is 1. The Morgan fingerprint density at radius 1 is 1.00 bits per heavy atom. The fraction of sp³-hybridized carbons (Fsp3) is 0.185. The molecule has 1 aromatic heterocycles. The number of methoxy groups -OCH3 is 1. The first-order valence-electron chi connectivity index (χ1n) is 11.4. The average molecular weight is 506 g/mol. The van der Waals surface area contributed by atoms with E-state index in [-0.39, 0.29) is 22.7 Å². The third-order valence-corrected chi connectivity index (χ3v) is 7.62. The Bertz CT molecular complexity index is 1470. The topological polar surface area (TPSA) is 112 Å². The summed E-state index contributed by atoms with van der Waals surface area (Å²) in [6.45, 7) is 2.02. The first-order chi connectivity index (χ1) is 17.4. The van der Waals surface area contributed by atoms with E-state index in [0.29, 0.717) is 16.7 Å². The van der Waals surface area contributed by atoms with Gasteiger partial charge in [0.2, 0.25) is 0 Å². The van der Waals surface area contributed by atoms with Crippen LogP contribution in [0.15, 0.2) is 83.9 Å². The van der Waals surface area contributed by atoms with Crippen LogP contribution in [0, 0.1) is 0 Å². The van der Waals surface area contributed by atoms with Crippen molar-refractivity contribution >= 4 is 32.6 Å². The van der Waals surface area contributed by atoms with Crippen LogP contribution in [0.3, 0.4) is 0 Å². The van der Waals surface area contributed by atoms with Crippen molar-refractivity contribution in [2.75, 3.05) is 11.4 Å². The minimum Gasteiger partial charge on any atom is -0.497 e. The molecule has 0 saturated heterocycles. The SMILES string of the molecule is CCCc1cccc2c(N(Cc3ccccc3)S(=O)(=O)c3ccc(OC)cc3)c(C(=O)ON)cnc12. The molecule has 0 amide bonds. The van der Waals surface area contributed by atoms with Gasteiger partial charge in [0.25, 0.3) is 10.0 Å². The second-order valence-corrected chi connectivity index (χ2v) is 10.0. The zero-order valence-corrected chi connectivity index (χ0v) is 20.9. The number of ether oxygens (including phenoxy) is 1. The monoisotopic (exact) mass is 505 g/mol. The van der Waals surface area contributed by atoms with Gasteiger partial charge < -0.3 is 9.57 Å². The molecule has 0 aliphatic carbocycles. The summed E-state index contributed by atoms with van der Waals surface area (Å²) >= 11 is 0. The Morgan fingerprint density at radius 3 is 2.36 bits per heavy atom. The number of nitrogens with zero attached hydrogens (tertiary/aromatic N) is 2. The highest BCUT2D eigenvalue weighted by molar-refractivity contribution is 7.92. The minimum absolute atomic E-state index is 0.0306. The summed E-state index contributed by atoms with van der Waals surface area (Å²) in [6.07, 6.45) is 2.95. The number of benzene rings is 3. The molecule has 0 bridgehead atoms. The van der Waals surface area contributed by atoms with Gasteiger partial charge in [0, 0.05) is 11.6 Å². The van der Waals surface area contributed by atoms with Crippen molar-refractivity contribution in [2.24, 2.45) is 5.90 Å². The lowest BCUT2D eigenvalue weighted by molar-refractivity contribution is 0.0504. The number of rotatable bonds is 9. The molecule has 0 atom stereocenters. The van der Waals surface area contributed by atoms with E-state index in [0.717, 1.165) is 24.0 Å². The van der Waals surface area contributed by atoms with E-state index in [4.69, 9.17) is 10.6 Å². The third-order valence-electron chi connectivity index (χ3n) is 5.86. The summed E-state index contributed by atoms with van der Waals surface area (Å²) in [6, 6.07) is 20.8. The predicted octanol–water partition coefficient (Wildman–Crippen LogP) is 4.62. The van der Waals surface area contributed by atoms with Crippen molar-refractivity contribution < 1.29 is 22.8 Å². The molecule has 4 aromatic rings. The lowest BCUT2D eigenvalue weighted by Gasteiger charge is -2.28. The first-order valence-corrected chi connectivity index (χ1v) is 12.9. The summed E-state index contributed by atoms with van der Waals surface area (Å²) in [7, 11) is -2.65. The molecule has 0 radical (unpaired) electrons. The number of sulfonamides is 1. The maximum atomic E-state index is 14.1. The quantitative estimate of drug-likeness (QED) is 0.330. The second kappa shape index (κ2) is 10.8. The van der Waals surface area contributed by atoms with E-state index in [1.807, 2.05) is 42.5 Å². The van der Waals surface area contributed by atoms with Crippen molar-refractivity contribution in [1.82, 2.24) is 4.98 Å². The maximum Gasteiger partial charge on any atom is 0.360 e. The molecule has 2 N–H and O–H groups in total. The van der Waals surface area contributed by atoms with E-state index in [1.165, 1.54) is 29.7 Å². The highest BCUT2D eigenvalue weighted by atomic mass is 32.2. The van der Waals surface area contributed by atoms with Crippen LogP contribution < -0.4 is 14.9 Å². The maximum absolute atomic E-state index is 14.1. The zero-order chi connectivity index (χ0) is 25.7. The molecule has 0 fully saturated rings. The van der Waals surface area contributed by atoms with Crippen molar-refractivity contribution in [3.63, 3.8) is 0 Å². The minimum atomic E-state index is -4.16. The number of aryl methyl sites for hydroxylation is 1. The van der Waals surface area contributed by atoms with Crippen LogP contribution in [-0.2, 0) is 27.8 Å². The Balaban J connectivity index is 2.03. The van der Waals surface area contributed by atoms with Crippen molar-refractivity contribution in [2.45, 2.75) is 31.2 Å². The number of nitrogens with two attached hydrogens (primary N) is 1. The van der Waals surface area contributed by atoms with Gasteiger partial charge in [-0.3, -0.25) is 9.29 Å². The fourth-order valence-electron chi connectivity index (χ4n) is 4.13. The van der Waals surface area contributed by atoms with Crippen LogP contribution in [0.5, 0.6) is 5.75 Å². The van der Waals surface area contributed by atoms with E-state index in [1.54, 1.807) is 18.2 Å². The number of carbonyl (C=O) groups is 1. The van der Waals surface area contributed by atoms with Gasteiger partial charge in [0.05, 0.1) is 29.8 Å². The normalized spacial score (nSPS) is 11.3. The molecule has 0 saturated carbocycles. The standard InChI is InChI=1S/C27H27N3O5S/c1-3-8-20-11-7-12-23-25(20)29-17-24(27(31)35-28)26(23)30(18-19-9-5-4-6-10-19)36(32,33)22-15-13-21(34-2)14-16-22/h4-7,9-17H,3,8,18,28H2,1-2H3. The molecule has 9 heteroatoms. The molecule has 186 valence electrons. The molecular formula is C27H27N3O5S. The van der Waals surface area contributed by atoms with Gasteiger partial charge in [-0.25, -0.2) is 13.2 Å². The molecular weight excluding hydrogens is 478 g/mol. The molecule has 0 aliphatic heterocycles. The number of para-hydroxylation sites is 1. The van der Waals surface area contributed by atoms with Crippen LogP contribution in [0.1, 0.15) is 34.8 Å². The van der Waals surface area contributed by atoms with Crippen LogP contribution in [-0.4, -0.2) is 26.5 Å². The molecule has 1 heterocycles. The van der Waals surface area contributed by atoms with E-state index >= 15 is 0 Å². The smallest absolute Gasteiger partial charge is 0.360 e. The Morgan fingerprint density at radius 2 is 1.72 bits per heavy atom. The summed E-state index contributed by atoms with van der Waals surface area (Å²) in [4.78, 5) is 21.8.